The fraction of sp³-hybridized carbons (Fsp3) is 0.238. The lowest BCUT2D eigenvalue weighted by molar-refractivity contribution is -0.141. The van der Waals surface area contributed by atoms with E-state index in [1.54, 1.807) is 18.2 Å². The lowest BCUT2D eigenvalue weighted by atomic mass is 10.3. The van der Waals surface area contributed by atoms with Crippen molar-refractivity contribution < 1.29 is 13.2 Å². The molecule has 0 spiro atoms. The molecule has 0 radical (unpaired) electrons. The molecule has 152 valence electrons. The molecule has 0 atom stereocenters. The van der Waals surface area contributed by atoms with Crippen LogP contribution in [0.5, 0.6) is 0 Å². The number of nitrogens with one attached hydrogen (secondary N) is 1. The number of para-hydroxylation sites is 2. The maximum Gasteiger partial charge on any atom is 0.433 e. The highest BCUT2D eigenvalue weighted by molar-refractivity contribution is 5.76. The molecule has 1 N–H and O–H groups in total. The Morgan fingerprint density at radius 2 is 1.80 bits per heavy atom. The molecule has 1 aliphatic carbocycles. The summed E-state index contributed by atoms with van der Waals surface area (Å²) in [5.74, 6) is 0.765. The summed E-state index contributed by atoms with van der Waals surface area (Å²) in [6, 6.07) is 14.0. The third kappa shape index (κ3) is 3.58. The zero-order valence-corrected chi connectivity index (χ0v) is 15.8. The minimum Gasteiger partial charge on any atom is -0.363 e. The van der Waals surface area contributed by atoms with E-state index in [1.807, 2.05) is 24.3 Å². The minimum absolute atomic E-state index is 0.0763. The van der Waals surface area contributed by atoms with Gasteiger partial charge in [-0.2, -0.15) is 13.2 Å². The summed E-state index contributed by atoms with van der Waals surface area (Å²) in [6.45, 7) is 0.251. The van der Waals surface area contributed by atoms with Crippen LogP contribution in [0.4, 0.5) is 19.0 Å². The van der Waals surface area contributed by atoms with E-state index in [9.17, 15) is 13.2 Å². The van der Waals surface area contributed by atoms with Crippen LogP contribution in [-0.4, -0.2) is 24.5 Å². The molecular weight excluding hydrogens is 393 g/mol. The van der Waals surface area contributed by atoms with Crippen LogP contribution in [0.2, 0.25) is 0 Å². The number of hydrogen-bond acceptors (Lipinski definition) is 5. The van der Waals surface area contributed by atoms with Crippen molar-refractivity contribution in [2.45, 2.75) is 31.6 Å². The Kier molecular flexibility index (Phi) is 4.38. The molecule has 0 aliphatic heterocycles. The van der Waals surface area contributed by atoms with Gasteiger partial charge < -0.3 is 9.88 Å². The third-order valence-electron chi connectivity index (χ3n) is 4.92. The Morgan fingerprint density at radius 1 is 1.00 bits per heavy atom. The average Bonchev–Trinajstić information content (AvgIpc) is 3.52. The van der Waals surface area contributed by atoms with Crippen molar-refractivity contribution in [3.63, 3.8) is 0 Å². The molecule has 3 aromatic heterocycles. The molecular formula is C21H17F3N6. The largest absolute Gasteiger partial charge is 0.433 e. The first kappa shape index (κ1) is 18.5. The molecule has 1 saturated carbocycles. The van der Waals surface area contributed by atoms with Gasteiger partial charge >= 0.3 is 6.18 Å². The van der Waals surface area contributed by atoms with Gasteiger partial charge in [0.15, 0.2) is 11.5 Å². The van der Waals surface area contributed by atoms with E-state index in [0.29, 0.717) is 6.04 Å². The van der Waals surface area contributed by atoms with Gasteiger partial charge in [-0.25, -0.2) is 15.0 Å². The number of pyridine rings is 1. The summed E-state index contributed by atoms with van der Waals surface area (Å²) in [6.07, 6.45) is -0.958. The standard InChI is InChI=1S/C21H17F3N6/c22-21(23,24)17-11-18(29-20(28-17)15-6-3-4-10-25-15)26-12-19-27-14-5-1-2-7-16(14)30(19)13-8-9-13/h1-7,10-11,13H,8-9,12H2,(H,26,28,29). The zero-order valence-electron chi connectivity index (χ0n) is 15.8. The number of imidazole rings is 1. The van der Waals surface area contributed by atoms with Crippen molar-refractivity contribution >= 4 is 16.9 Å². The Morgan fingerprint density at radius 3 is 2.53 bits per heavy atom. The molecule has 0 amide bonds. The van der Waals surface area contributed by atoms with Crippen LogP contribution in [0.3, 0.4) is 0 Å². The SMILES string of the molecule is FC(F)(F)c1cc(NCc2nc3ccccc3n2C2CC2)nc(-c2ccccn2)n1. The van der Waals surface area contributed by atoms with E-state index in [-0.39, 0.29) is 23.9 Å². The quantitative estimate of drug-likeness (QED) is 0.509. The van der Waals surface area contributed by atoms with Crippen molar-refractivity contribution in [3.05, 3.63) is 66.2 Å². The molecule has 0 unspecified atom stereocenters. The summed E-state index contributed by atoms with van der Waals surface area (Å²) in [7, 11) is 0. The zero-order chi connectivity index (χ0) is 20.7. The number of anilines is 1. The summed E-state index contributed by atoms with van der Waals surface area (Å²) >= 11 is 0. The number of nitrogens with zero attached hydrogens (tertiary/aromatic N) is 5. The summed E-state index contributed by atoms with van der Waals surface area (Å²) in [4.78, 5) is 16.6. The van der Waals surface area contributed by atoms with Gasteiger partial charge in [-0.3, -0.25) is 4.98 Å². The van der Waals surface area contributed by atoms with E-state index in [2.05, 4.69) is 29.8 Å². The van der Waals surface area contributed by atoms with E-state index in [4.69, 9.17) is 0 Å². The van der Waals surface area contributed by atoms with E-state index >= 15 is 0 Å². The van der Waals surface area contributed by atoms with Crippen molar-refractivity contribution in [1.82, 2.24) is 24.5 Å². The van der Waals surface area contributed by atoms with Crippen LogP contribution in [0.1, 0.15) is 30.4 Å². The number of benzene rings is 1. The van der Waals surface area contributed by atoms with Crippen LogP contribution in [0.15, 0.2) is 54.7 Å². The average molecular weight is 410 g/mol. The van der Waals surface area contributed by atoms with Gasteiger partial charge in [-0.15, -0.1) is 0 Å². The molecule has 1 aliphatic rings. The molecule has 1 aromatic carbocycles. The Bertz CT molecular complexity index is 1200. The number of rotatable bonds is 5. The van der Waals surface area contributed by atoms with Gasteiger partial charge in [-0.05, 0) is 37.1 Å². The number of halogens is 3. The van der Waals surface area contributed by atoms with Crippen LogP contribution in [0, 0.1) is 0 Å². The van der Waals surface area contributed by atoms with Gasteiger partial charge in [0.25, 0.3) is 0 Å². The minimum atomic E-state index is -4.59. The normalized spacial score (nSPS) is 14.2. The molecule has 3 heterocycles. The van der Waals surface area contributed by atoms with Gasteiger partial charge in [0.05, 0.1) is 17.6 Å². The molecule has 9 heteroatoms. The van der Waals surface area contributed by atoms with Crippen molar-refractivity contribution in [3.8, 4) is 11.5 Å². The predicted octanol–water partition coefficient (Wildman–Crippen LogP) is 4.85. The van der Waals surface area contributed by atoms with E-state index < -0.39 is 11.9 Å². The van der Waals surface area contributed by atoms with Crippen molar-refractivity contribution in [2.75, 3.05) is 5.32 Å². The number of aromatic nitrogens is 5. The van der Waals surface area contributed by atoms with Crippen LogP contribution in [-0.2, 0) is 12.7 Å². The topological polar surface area (TPSA) is 68.5 Å². The first-order valence-electron chi connectivity index (χ1n) is 9.56. The van der Waals surface area contributed by atoms with Crippen LogP contribution >= 0.6 is 0 Å². The lowest BCUT2D eigenvalue weighted by Gasteiger charge is -2.12. The molecule has 5 rings (SSSR count). The van der Waals surface area contributed by atoms with Crippen LogP contribution in [0.25, 0.3) is 22.6 Å². The van der Waals surface area contributed by atoms with Crippen molar-refractivity contribution in [1.29, 1.82) is 0 Å². The second-order valence-electron chi connectivity index (χ2n) is 7.15. The lowest BCUT2D eigenvalue weighted by Crippen LogP contribution is -2.13. The number of fused-ring (bicyclic) bond motifs is 1. The molecule has 4 aromatic rings. The molecule has 0 saturated heterocycles. The molecule has 6 nitrogen and oxygen atoms in total. The van der Waals surface area contributed by atoms with Crippen LogP contribution < -0.4 is 5.32 Å². The summed E-state index contributed by atoms with van der Waals surface area (Å²) in [5.41, 5.74) is 1.16. The van der Waals surface area contributed by atoms with E-state index in [0.717, 1.165) is 35.8 Å². The Balaban J connectivity index is 1.49. The van der Waals surface area contributed by atoms with Gasteiger partial charge in [0.2, 0.25) is 0 Å². The van der Waals surface area contributed by atoms with Gasteiger partial charge in [-0.1, -0.05) is 18.2 Å². The predicted molar refractivity (Wildman–Crippen MR) is 106 cm³/mol. The molecule has 30 heavy (non-hydrogen) atoms. The monoisotopic (exact) mass is 410 g/mol. The molecule has 0 bridgehead atoms. The van der Waals surface area contributed by atoms with Crippen molar-refractivity contribution in [2.24, 2.45) is 0 Å². The fourth-order valence-electron chi connectivity index (χ4n) is 3.42. The third-order valence-corrected chi connectivity index (χ3v) is 4.92. The van der Waals surface area contributed by atoms with Gasteiger partial charge in [0.1, 0.15) is 17.3 Å². The van der Waals surface area contributed by atoms with E-state index in [1.165, 1.54) is 6.20 Å². The fourth-order valence-corrected chi connectivity index (χ4v) is 3.42. The maximum atomic E-state index is 13.4. The first-order valence-corrected chi connectivity index (χ1v) is 9.56. The first-order chi connectivity index (χ1) is 14.5. The Hall–Kier alpha value is -3.49. The van der Waals surface area contributed by atoms with Gasteiger partial charge in [0, 0.05) is 18.3 Å². The Labute approximate surface area is 169 Å². The maximum absolute atomic E-state index is 13.4. The highest BCUT2D eigenvalue weighted by Gasteiger charge is 2.34. The smallest absolute Gasteiger partial charge is 0.363 e. The number of alkyl halides is 3. The summed E-state index contributed by atoms with van der Waals surface area (Å²) in [5, 5.41) is 3.01. The number of hydrogen-bond donors (Lipinski definition) is 1. The highest BCUT2D eigenvalue weighted by atomic mass is 19.4. The highest BCUT2D eigenvalue weighted by Crippen LogP contribution is 2.39. The summed E-state index contributed by atoms with van der Waals surface area (Å²) < 4.78 is 42.3. The second kappa shape index (κ2) is 7.08. The second-order valence-corrected chi connectivity index (χ2v) is 7.15. The molecule has 1 fully saturated rings.